The summed E-state index contributed by atoms with van der Waals surface area (Å²) in [5.41, 5.74) is -0.306. The second kappa shape index (κ2) is 5.30. The Labute approximate surface area is 95.5 Å². The van der Waals surface area contributed by atoms with Gasteiger partial charge in [0.15, 0.2) is 0 Å². The fourth-order valence-electron chi connectivity index (χ4n) is 1.85. The smallest absolute Gasteiger partial charge is 0.328 e. The summed E-state index contributed by atoms with van der Waals surface area (Å²) in [6.45, 7) is 1.60. The quantitative estimate of drug-likeness (QED) is 0.702. The molecule has 0 spiro atoms. The van der Waals surface area contributed by atoms with Gasteiger partial charge in [-0.25, -0.2) is 4.79 Å². The highest BCUT2D eigenvalue weighted by Crippen LogP contribution is 2.37. The minimum atomic E-state index is -0.605. The topological polar surface area (TPSA) is 64.6 Å². The molecule has 1 unspecified atom stereocenters. The molecule has 0 aliphatic heterocycles. The van der Waals surface area contributed by atoms with Gasteiger partial charge >= 0.3 is 5.97 Å². The van der Waals surface area contributed by atoms with Crippen molar-refractivity contribution in [2.45, 2.75) is 44.2 Å². The van der Waals surface area contributed by atoms with E-state index in [2.05, 4.69) is 10.1 Å². The molecular formula is C11H19NO4. The molecule has 1 atom stereocenters. The summed E-state index contributed by atoms with van der Waals surface area (Å²) in [5, 5.41) is 2.60. The lowest BCUT2D eigenvalue weighted by Gasteiger charge is -2.40. The lowest BCUT2D eigenvalue weighted by Crippen LogP contribution is -2.47. The van der Waals surface area contributed by atoms with E-state index in [1.807, 2.05) is 0 Å². The molecule has 92 valence electrons. The first-order valence-corrected chi connectivity index (χ1v) is 5.45. The Morgan fingerprint density at radius 2 is 2.00 bits per heavy atom. The van der Waals surface area contributed by atoms with Crippen LogP contribution in [0.4, 0.5) is 0 Å². The summed E-state index contributed by atoms with van der Waals surface area (Å²) in [4.78, 5) is 22.7. The summed E-state index contributed by atoms with van der Waals surface area (Å²) in [5.74, 6) is -0.604. The van der Waals surface area contributed by atoms with Crippen LogP contribution in [0.1, 0.15) is 32.6 Å². The summed E-state index contributed by atoms with van der Waals surface area (Å²) in [7, 11) is 2.92. The number of esters is 1. The first-order chi connectivity index (χ1) is 7.53. The van der Waals surface area contributed by atoms with Crippen LogP contribution in [-0.4, -0.2) is 37.7 Å². The van der Waals surface area contributed by atoms with Crippen molar-refractivity contribution in [2.75, 3.05) is 14.2 Å². The molecule has 0 aromatic heterocycles. The number of nitrogens with one attached hydrogen (secondary N) is 1. The molecule has 0 aromatic carbocycles. The molecule has 1 fully saturated rings. The van der Waals surface area contributed by atoms with E-state index in [0.717, 1.165) is 19.3 Å². The molecule has 1 aliphatic carbocycles. The van der Waals surface area contributed by atoms with Crippen molar-refractivity contribution in [3.05, 3.63) is 0 Å². The van der Waals surface area contributed by atoms with E-state index >= 15 is 0 Å². The number of hydrogen-bond acceptors (Lipinski definition) is 4. The minimum absolute atomic E-state index is 0.167. The number of carbonyl (C=O) groups excluding carboxylic acids is 2. The Hall–Kier alpha value is -1.10. The fraction of sp³-hybridized carbons (Fsp3) is 0.818. The number of rotatable bonds is 5. The number of hydrogen-bond donors (Lipinski definition) is 1. The summed E-state index contributed by atoms with van der Waals surface area (Å²) in [6, 6.07) is -0.605. The monoisotopic (exact) mass is 229 g/mol. The van der Waals surface area contributed by atoms with Crippen LogP contribution in [0.5, 0.6) is 0 Å². The lowest BCUT2D eigenvalue weighted by molar-refractivity contribution is -0.146. The highest BCUT2D eigenvalue weighted by Gasteiger charge is 2.39. The van der Waals surface area contributed by atoms with Gasteiger partial charge in [0, 0.05) is 7.11 Å². The van der Waals surface area contributed by atoms with Crippen LogP contribution in [-0.2, 0) is 19.1 Å². The maximum absolute atomic E-state index is 11.6. The van der Waals surface area contributed by atoms with E-state index in [9.17, 15) is 9.59 Å². The standard InChI is InChI=1S/C11H19NO4/c1-8(10(14)15-2)12-9(13)7-11(16-3)5-4-6-11/h8H,4-7H2,1-3H3,(H,12,13). The molecule has 1 amide bonds. The van der Waals surface area contributed by atoms with E-state index in [1.165, 1.54) is 7.11 Å². The van der Waals surface area contributed by atoms with Crippen LogP contribution in [0, 0.1) is 0 Å². The Balaban J connectivity index is 2.38. The van der Waals surface area contributed by atoms with Crippen LogP contribution in [0.25, 0.3) is 0 Å². The van der Waals surface area contributed by atoms with E-state index in [0.29, 0.717) is 6.42 Å². The van der Waals surface area contributed by atoms with Crippen LogP contribution in [0.15, 0.2) is 0 Å². The van der Waals surface area contributed by atoms with E-state index in [1.54, 1.807) is 14.0 Å². The molecule has 0 bridgehead atoms. The Morgan fingerprint density at radius 3 is 2.38 bits per heavy atom. The molecular weight excluding hydrogens is 210 g/mol. The third-order valence-corrected chi connectivity index (χ3v) is 3.11. The molecule has 1 N–H and O–H groups in total. The number of methoxy groups -OCH3 is 2. The van der Waals surface area contributed by atoms with Crippen molar-refractivity contribution in [1.82, 2.24) is 5.32 Å². The summed E-state index contributed by atoms with van der Waals surface area (Å²) >= 11 is 0. The second-order valence-electron chi connectivity index (χ2n) is 4.23. The molecule has 1 aliphatic rings. The van der Waals surface area contributed by atoms with E-state index in [-0.39, 0.29) is 11.5 Å². The molecule has 1 saturated carbocycles. The van der Waals surface area contributed by atoms with Crippen molar-refractivity contribution < 1.29 is 19.1 Å². The Bertz CT molecular complexity index is 268. The number of ether oxygens (including phenoxy) is 2. The van der Waals surface area contributed by atoms with E-state index < -0.39 is 12.0 Å². The minimum Gasteiger partial charge on any atom is -0.467 e. The van der Waals surface area contributed by atoms with Crippen molar-refractivity contribution in [2.24, 2.45) is 0 Å². The van der Waals surface area contributed by atoms with Gasteiger partial charge < -0.3 is 14.8 Å². The largest absolute Gasteiger partial charge is 0.467 e. The molecule has 0 saturated heterocycles. The maximum atomic E-state index is 11.6. The predicted molar refractivity (Wildman–Crippen MR) is 57.8 cm³/mol. The van der Waals surface area contributed by atoms with Crippen LogP contribution >= 0.6 is 0 Å². The summed E-state index contributed by atoms with van der Waals surface area (Å²) < 4.78 is 9.86. The molecule has 0 aromatic rings. The van der Waals surface area contributed by atoms with Crippen molar-refractivity contribution in [3.63, 3.8) is 0 Å². The highest BCUT2D eigenvalue weighted by atomic mass is 16.5. The predicted octanol–water partition coefficient (Wildman–Crippen LogP) is 0.623. The first kappa shape index (κ1) is 13.0. The normalized spacial score (nSPS) is 19.4. The zero-order chi connectivity index (χ0) is 12.2. The second-order valence-corrected chi connectivity index (χ2v) is 4.23. The maximum Gasteiger partial charge on any atom is 0.328 e. The lowest BCUT2D eigenvalue weighted by atomic mass is 9.77. The fourth-order valence-corrected chi connectivity index (χ4v) is 1.85. The van der Waals surface area contributed by atoms with Gasteiger partial charge in [-0.1, -0.05) is 0 Å². The van der Waals surface area contributed by atoms with Gasteiger partial charge in [0.05, 0.1) is 19.1 Å². The Kier molecular flexibility index (Phi) is 4.29. The van der Waals surface area contributed by atoms with Gasteiger partial charge in [-0.2, -0.15) is 0 Å². The van der Waals surface area contributed by atoms with Crippen LogP contribution in [0.3, 0.4) is 0 Å². The van der Waals surface area contributed by atoms with E-state index in [4.69, 9.17) is 4.74 Å². The third-order valence-electron chi connectivity index (χ3n) is 3.11. The van der Waals surface area contributed by atoms with Gasteiger partial charge in [0.25, 0.3) is 0 Å². The first-order valence-electron chi connectivity index (χ1n) is 5.45. The van der Waals surface area contributed by atoms with Gasteiger partial charge in [-0.05, 0) is 26.2 Å². The molecule has 5 heteroatoms. The van der Waals surface area contributed by atoms with Crippen molar-refractivity contribution in [1.29, 1.82) is 0 Å². The van der Waals surface area contributed by atoms with Gasteiger partial charge in [-0.15, -0.1) is 0 Å². The van der Waals surface area contributed by atoms with Gasteiger partial charge in [-0.3, -0.25) is 4.79 Å². The van der Waals surface area contributed by atoms with Crippen LogP contribution in [0.2, 0.25) is 0 Å². The molecule has 5 nitrogen and oxygen atoms in total. The highest BCUT2D eigenvalue weighted by molar-refractivity contribution is 5.84. The molecule has 1 rings (SSSR count). The third kappa shape index (κ3) is 2.95. The summed E-state index contributed by atoms with van der Waals surface area (Å²) in [6.07, 6.45) is 3.21. The zero-order valence-corrected chi connectivity index (χ0v) is 10.0. The van der Waals surface area contributed by atoms with Gasteiger partial charge in [0.1, 0.15) is 6.04 Å². The number of carbonyl (C=O) groups is 2. The molecule has 16 heavy (non-hydrogen) atoms. The Morgan fingerprint density at radius 1 is 1.38 bits per heavy atom. The van der Waals surface area contributed by atoms with Crippen molar-refractivity contribution in [3.8, 4) is 0 Å². The molecule has 0 heterocycles. The van der Waals surface area contributed by atoms with Crippen molar-refractivity contribution >= 4 is 11.9 Å². The average Bonchev–Trinajstić information content (AvgIpc) is 2.22. The molecule has 0 radical (unpaired) electrons. The SMILES string of the molecule is COC(=O)C(C)NC(=O)CC1(OC)CCC1. The van der Waals surface area contributed by atoms with Crippen LogP contribution < -0.4 is 5.32 Å². The number of amides is 1. The zero-order valence-electron chi connectivity index (χ0n) is 10.0. The average molecular weight is 229 g/mol. The van der Waals surface area contributed by atoms with Gasteiger partial charge in [0.2, 0.25) is 5.91 Å².